The minimum Gasteiger partial charge on any atom is -0.871 e. The molecule has 0 aromatic heterocycles. The first-order chi connectivity index (χ1) is 23.5. The molecule has 6 aromatic rings. The fraction of sp³-hybridized carbons (Fsp3) is 0.0588. The van der Waals surface area contributed by atoms with Gasteiger partial charge in [-0.1, -0.05) is 107 Å². The largest absolute Gasteiger partial charge is 4.00 e. The molecule has 0 fully saturated rings. The van der Waals surface area contributed by atoms with Crippen LogP contribution in [0, 0.1) is 13.8 Å². The quantitative estimate of drug-likeness (QED) is 0.117. The van der Waals surface area contributed by atoms with Crippen molar-refractivity contribution < 1.29 is 62.4 Å². The third kappa shape index (κ3) is 9.24. The molecular formula is C34H22Cl2N4O8S2Zr. The molecule has 12 nitrogen and oxygen atoms in total. The summed E-state index contributed by atoms with van der Waals surface area (Å²) in [5.74, 6) is -0.723. The van der Waals surface area contributed by atoms with Crippen molar-refractivity contribution in [2.75, 3.05) is 0 Å². The fourth-order valence-corrected chi connectivity index (χ4v) is 6.43. The maximum atomic E-state index is 12.1. The molecule has 0 saturated heterocycles. The SMILES string of the molecule is Cc1cc(N=Nc2c([O-])ccc3ccccc23)c(S(=O)(=O)[O-])cc1Cl.Cc1cc(N=Nc2c([O-])ccc3ccccc23)c(S(=O)(=O)[O-])cc1Cl.[Zr+4]. The van der Waals surface area contributed by atoms with Crippen LogP contribution in [0.4, 0.5) is 22.7 Å². The van der Waals surface area contributed by atoms with Crippen molar-refractivity contribution in [1.29, 1.82) is 0 Å². The van der Waals surface area contributed by atoms with Crippen molar-refractivity contribution in [3.05, 3.63) is 118 Å². The third-order valence-corrected chi connectivity index (χ3v) is 9.81. The van der Waals surface area contributed by atoms with E-state index in [1.165, 1.54) is 24.3 Å². The van der Waals surface area contributed by atoms with Crippen LogP contribution in [0.15, 0.2) is 127 Å². The van der Waals surface area contributed by atoms with E-state index < -0.39 is 30.0 Å². The Balaban J connectivity index is 0.000000224. The molecule has 0 N–H and O–H groups in total. The molecule has 6 rings (SSSR count). The normalized spacial score (nSPS) is 11.9. The van der Waals surface area contributed by atoms with Gasteiger partial charge in [-0.2, -0.15) is 10.2 Å². The van der Waals surface area contributed by atoms with Gasteiger partial charge in [-0.05, 0) is 60.0 Å². The van der Waals surface area contributed by atoms with Crippen LogP contribution in [-0.2, 0) is 46.4 Å². The van der Waals surface area contributed by atoms with Crippen LogP contribution in [0.1, 0.15) is 11.1 Å². The summed E-state index contributed by atoms with van der Waals surface area (Å²) >= 11 is 11.8. The number of fused-ring (bicyclic) bond motifs is 2. The fourth-order valence-electron chi connectivity index (χ4n) is 4.74. The van der Waals surface area contributed by atoms with Crippen molar-refractivity contribution in [3.8, 4) is 11.5 Å². The van der Waals surface area contributed by atoms with Gasteiger partial charge in [0.2, 0.25) is 0 Å². The summed E-state index contributed by atoms with van der Waals surface area (Å²) in [6.45, 7) is 3.28. The van der Waals surface area contributed by atoms with E-state index in [-0.39, 0.29) is 70.5 Å². The summed E-state index contributed by atoms with van der Waals surface area (Å²) in [6.07, 6.45) is 0. The maximum absolute atomic E-state index is 12.1. The van der Waals surface area contributed by atoms with Gasteiger partial charge in [-0.15, -0.1) is 10.2 Å². The summed E-state index contributed by atoms with van der Waals surface area (Å²) in [4.78, 5) is -1.17. The topological polar surface area (TPSA) is 210 Å². The van der Waals surface area contributed by atoms with Crippen molar-refractivity contribution >= 4 is 87.7 Å². The molecule has 0 aliphatic rings. The number of hydrogen-bond acceptors (Lipinski definition) is 12. The zero-order valence-electron chi connectivity index (χ0n) is 26.4. The predicted molar refractivity (Wildman–Crippen MR) is 183 cm³/mol. The van der Waals surface area contributed by atoms with Crippen molar-refractivity contribution in [3.63, 3.8) is 0 Å². The minimum atomic E-state index is -4.80. The number of nitrogens with zero attached hydrogens (tertiary/aromatic N) is 4. The van der Waals surface area contributed by atoms with Crippen LogP contribution in [0.5, 0.6) is 11.5 Å². The molecule has 6 aromatic carbocycles. The van der Waals surface area contributed by atoms with Crippen LogP contribution in [0.25, 0.3) is 21.5 Å². The van der Waals surface area contributed by atoms with Crippen LogP contribution in [-0.4, -0.2) is 25.9 Å². The Morgan fingerprint density at radius 3 is 1.24 bits per heavy atom. The molecule has 0 heterocycles. The molecule has 51 heavy (non-hydrogen) atoms. The Morgan fingerprint density at radius 2 is 0.882 bits per heavy atom. The van der Waals surface area contributed by atoms with E-state index in [1.807, 2.05) is 24.3 Å². The van der Waals surface area contributed by atoms with Gasteiger partial charge in [-0.25, -0.2) is 16.8 Å². The molecule has 0 spiro atoms. The molecular weight excluding hydrogens is 819 g/mol. The van der Waals surface area contributed by atoms with E-state index in [4.69, 9.17) is 23.2 Å². The monoisotopic (exact) mass is 838 g/mol. The van der Waals surface area contributed by atoms with E-state index in [1.54, 1.807) is 50.2 Å². The Bertz CT molecular complexity index is 2410. The first-order valence-corrected chi connectivity index (χ1v) is 17.8. The molecule has 0 aliphatic heterocycles. The Labute approximate surface area is 321 Å². The van der Waals surface area contributed by atoms with Gasteiger partial charge in [0.1, 0.15) is 31.6 Å². The number of aryl methyl sites for hydroxylation is 2. The molecule has 0 unspecified atom stereocenters. The summed E-state index contributed by atoms with van der Waals surface area (Å²) < 4.78 is 68.6. The summed E-state index contributed by atoms with van der Waals surface area (Å²) in [5.41, 5.74) is 0.875. The van der Waals surface area contributed by atoms with Gasteiger partial charge in [0.15, 0.2) is 0 Å². The molecule has 0 atom stereocenters. The van der Waals surface area contributed by atoms with Crippen LogP contribution < -0.4 is 10.2 Å². The van der Waals surface area contributed by atoms with Crippen molar-refractivity contribution in [1.82, 2.24) is 0 Å². The molecule has 0 amide bonds. The van der Waals surface area contributed by atoms with Crippen molar-refractivity contribution in [2.24, 2.45) is 20.5 Å². The number of rotatable bonds is 6. The van der Waals surface area contributed by atoms with E-state index >= 15 is 0 Å². The Morgan fingerprint density at radius 1 is 0.529 bits per heavy atom. The van der Waals surface area contributed by atoms with Gasteiger partial charge >= 0.3 is 26.2 Å². The summed E-state index contributed by atoms with van der Waals surface area (Å²) in [7, 11) is -9.59. The van der Waals surface area contributed by atoms with E-state index in [9.17, 15) is 36.2 Å². The Kier molecular flexibility index (Phi) is 12.5. The number of azo groups is 2. The molecule has 0 bridgehead atoms. The number of hydrogen-bond donors (Lipinski definition) is 0. The van der Waals surface area contributed by atoms with Gasteiger partial charge in [0.25, 0.3) is 0 Å². The van der Waals surface area contributed by atoms with Crippen molar-refractivity contribution in [2.45, 2.75) is 23.6 Å². The standard InChI is InChI=1S/2C17H13ClN2O4S.Zr/c2*1-10-8-14(16(9-13(10)18)25(22,23)24)19-20-17-12-5-3-2-4-11(12)6-7-15(17)21;/h2*2-9,21H,1H3,(H,22,23,24);/q;;+4/p-4. The van der Waals surface area contributed by atoms with Gasteiger partial charge in [-0.3, -0.25) is 0 Å². The zero-order valence-corrected chi connectivity index (χ0v) is 32.0. The van der Waals surface area contributed by atoms with Crippen LogP contribution in [0.2, 0.25) is 10.0 Å². The predicted octanol–water partition coefficient (Wildman–Crippen LogP) is 8.39. The molecule has 17 heteroatoms. The van der Waals surface area contributed by atoms with Crippen LogP contribution >= 0.6 is 23.2 Å². The second kappa shape index (κ2) is 16.1. The zero-order chi connectivity index (χ0) is 36.4. The molecule has 0 radical (unpaired) electrons. The second-order valence-corrected chi connectivity index (χ2v) is 14.2. The van der Waals surface area contributed by atoms with E-state index in [0.29, 0.717) is 21.9 Å². The van der Waals surface area contributed by atoms with Gasteiger partial charge in [0.05, 0.1) is 21.2 Å². The van der Waals surface area contributed by atoms with Gasteiger partial charge < -0.3 is 19.3 Å². The first kappa shape index (κ1) is 39.7. The summed E-state index contributed by atoms with van der Waals surface area (Å²) in [5, 5.41) is 42.7. The van der Waals surface area contributed by atoms with Gasteiger partial charge in [0, 0.05) is 20.8 Å². The molecule has 0 aliphatic carbocycles. The van der Waals surface area contributed by atoms with Crippen LogP contribution in [0.3, 0.4) is 0 Å². The van der Waals surface area contributed by atoms with E-state index in [2.05, 4.69) is 20.5 Å². The summed E-state index contributed by atoms with van der Waals surface area (Å²) in [6, 6.07) is 25.0. The first-order valence-electron chi connectivity index (χ1n) is 14.3. The smallest absolute Gasteiger partial charge is 0.871 e. The number of halogens is 2. The third-order valence-electron chi connectivity index (χ3n) is 7.26. The van der Waals surface area contributed by atoms with E-state index in [0.717, 1.165) is 22.9 Å². The number of benzene rings is 6. The minimum absolute atomic E-state index is 0. The average molecular weight is 841 g/mol. The molecule has 0 saturated carbocycles. The maximum Gasteiger partial charge on any atom is 4.00 e. The molecule has 256 valence electrons. The Hall–Kier alpha value is -4.08. The second-order valence-electron chi connectivity index (χ2n) is 10.7. The average Bonchev–Trinajstić information content (AvgIpc) is 3.06.